The van der Waals surface area contributed by atoms with Crippen molar-refractivity contribution in [1.29, 1.82) is 0 Å². The highest BCUT2D eigenvalue weighted by molar-refractivity contribution is 5.83. The topological polar surface area (TPSA) is 68.0 Å². The highest BCUT2D eigenvalue weighted by Gasteiger charge is 2.17. The van der Waals surface area contributed by atoms with Crippen LogP contribution in [0.2, 0.25) is 0 Å². The summed E-state index contributed by atoms with van der Waals surface area (Å²) < 4.78 is 0. The van der Waals surface area contributed by atoms with E-state index in [0.717, 1.165) is 11.1 Å². The second-order valence-electron chi connectivity index (χ2n) is 4.40. The molecule has 0 saturated carbocycles. The third-order valence-electron chi connectivity index (χ3n) is 3.01. The van der Waals surface area contributed by atoms with Crippen LogP contribution in [0.25, 0.3) is 0 Å². The molecule has 0 aliphatic carbocycles. The molecule has 2 atom stereocenters. The summed E-state index contributed by atoms with van der Waals surface area (Å²) in [5, 5.41) is 2.90. The highest BCUT2D eigenvalue weighted by atomic mass is 16.2. The first-order valence-corrected chi connectivity index (χ1v) is 6.19. The van der Waals surface area contributed by atoms with E-state index in [-0.39, 0.29) is 11.9 Å². The average molecular weight is 255 g/mol. The quantitative estimate of drug-likeness (QED) is 0.877. The summed E-state index contributed by atoms with van der Waals surface area (Å²) in [5.74, 6) is -0.185. The molecule has 98 valence electrons. The second-order valence-corrected chi connectivity index (χ2v) is 4.40. The van der Waals surface area contributed by atoms with Crippen molar-refractivity contribution in [2.24, 2.45) is 5.73 Å². The molecule has 2 aromatic rings. The van der Waals surface area contributed by atoms with E-state index in [1.807, 2.05) is 49.4 Å². The molecule has 4 nitrogen and oxygen atoms in total. The molecule has 0 fully saturated rings. The number of pyridine rings is 1. The molecule has 4 heteroatoms. The van der Waals surface area contributed by atoms with Crippen LogP contribution in [0.1, 0.15) is 30.1 Å². The summed E-state index contributed by atoms with van der Waals surface area (Å²) in [5.41, 5.74) is 7.75. The Morgan fingerprint density at radius 2 is 1.74 bits per heavy atom. The maximum absolute atomic E-state index is 12.1. The fourth-order valence-corrected chi connectivity index (χ4v) is 1.85. The van der Waals surface area contributed by atoms with Gasteiger partial charge in [-0.1, -0.05) is 30.3 Å². The third kappa shape index (κ3) is 3.39. The lowest BCUT2D eigenvalue weighted by molar-refractivity contribution is -0.123. The molecule has 1 heterocycles. The zero-order chi connectivity index (χ0) is 13.7. The third-order valence-corrected chi connectivity index (χ3v) is 3.01. The zero-order valence-electron chi connectivity index (χ0n) is 10.8. The molecule has 2 rings (SSSR count). The largest absolute Gasteiger partial charge is 0.348 e. The molecule has 0 aliphatic rings. The lowest BCUT2D eigenvalue weighted by Crippen LogP contribution is -2.35. The molecule has 0 radical (unpaired) electrons. The number of carbonyl (C=O) groups is 1. The van der Waals surface area contributed by atoms with Crippen LogP contribution in [0, 0.1) is 0 Å². The normalized spacial score (nSPS) is 13.6. The van der Waals surface area contributed by atoms with Gasteiger partial charge < -0.3 is 11.1 Å². The number of amides is 1. The molecule has 1 unspecified atom stereocenters. The Labute approximate surface area is 112 Å². The van der Waals surface area contributed by atoms with Gasteiger partial charge in [0, 0.05) is 12.4 Å². The fourth-order valence-electron chi connectivity index (χ4n) is 1.85. The molecule has 1 aromatic carbocycles. The van der Waals surface area contributed by atoms with Gasteiger partial charge in [-0.15, -0.1) is 0 Å². The molecule has 1 aromatic heterocycles. The van der Waals surface area contributed by atoms with Gasteiger partial charge in [0.25, 0.3) is 0 Å². The number of nitrogens with two attached hydrogens (primary N) is 1. The molecule has 0 aliphatic heterocycles. The average Bonchev–Trinajstić information content (AvgIpc) is 2.48. The summed E-state index contributed by atoms with van der Waals surface area (Å²) >= 11 is 0. The van der Waals surface area contributed by atoms with Gasteiger partial charge in [0.1, 0.15) is 6.04 Å². The number of nitrogens with zero attached hydrogens (tertiary/aromatic N) is 1. The maximum Gasteiger partial charge on any atom is 0.241 e. The van der Waals surface area contributed by atoms with Gasteiger partial charge in [0.15, 0.2) is 0 Å². The van der Waals surface area contributed by atoms with Gasteiger partial charge in [0.2, 0.25) is 5.91 Å². The Balaban J connectivity index is 2.02. The van der Waals surface area contributed by atoms with Gasteiger partial charge in [-0.05, 0) is 30.2 Å². The number of hydrogen-bond donors (Lipinski definition) is 2. The Morgan fingerprint density at radius 3 is 2.37 bits per heavy atom. The first kappa shape index (κ1) is 13.2. The minimum atomic E-state index is -0.648. The fraction of sp³-hybridized carbons (Fsp3) is 0.200. The van der Waals surface area contributed by atoms with Crippen LogP contribution in [-0.2, 0) is 4.79 Å². The van der Waals surface area contributed by atoms with Crippen LogP contribution in [0.4, 0.5) is 0 Å². The van der Waals surface area contributed by atoms with Crippen molar-refractivity contribution in [3.8, 4) is 0 Å². The van der Waals surface area contributed by atoms with Crippen molar-refractivity contribution >= 4 is 5.91 Å². The maximum atomic E-state index is 12.1. The molecule has 1 amide bonds. The van der Waals surface area contributed by atoms with E-state index in [1.165, 1.54) is 0 Å². The number of hydrogen-bond acceptors (Lipinski definition) is 3. The van der Waals surface area contributed by atoms with Crippen molar-refractivity contribution in [1.82, 2.24) is 10.3 Å². The van der Waals surface area contributed by atoms with Crippen LogP contribution in [0.5, 0.6) is 0 Å². The van der Waals surface area contributed by atoms with E-state index in [1.54, 1.807) is 12.4 Å². The predicted molar refractivity (Wildman–Crippen MR) is 74.2 cm³/mol. The van der Waals surface area contributed by atoms with Gasteiger partial charge in [-0.25, -0.2) is 0 Å². The SMILES string of the molecule is C[C@@H](NC(=O)C(N)c1ccccc1)c1ccncc1. The minimum absolute atomic E-state index is 0.0923. The number of benzene rings is 1. The zero-order valence-corrected chi connectivity index (χ0v) is 10.8. The Morgan fingerprint density at radius 1 is 1.11 bits per heavy atom. The monoisotopic (exact) mass is 255 g/mol. The lowest BCUT2D eigenvalue weighted by Gasteiger charge is -2.18. The molecule has 19 heavy (non-hydrogen) atoms. The van der Waals surface area contributed by atoms with Gasteiger partial charge in [0.05, 0.1) is 6.04 Å². The van der Waals surface area contributed by atoms with Crippen LogP contribution >= 0.6 is 0 Å². The van der Waals surface area contributed by atoms with Crippen LogP contribution in [0.15, 0.2) is 54.9 Å². The van der Waals surface area contributed by atoms with Crippen molar-refractivity contribution in [3.05, 3.63) is 66.0 Å². The van der Waals surface area contributed by atoms with E-state index in [9.17, 15) is 4.79 Å². The molecular formula is C15H17N3O. The number of carbonyl (C=O) groups excluding carboxylic acids is 1. The predicted octanol–water partition coefficient (Wildman–Crippen LogP) is 1.96. The first-order chi connectivity index (χ1) is 9.18. The Bertz CT molecular complexity index is 528. The minimum Gasteiger partial charge on any atom is -0.348 e. The highest BCUT2D eigenvalue weighted by Crippen LogP contribution is 2.14. The van der Waals surface area contributed by atoms with Crippen molar-refractivity contribution in [2.45, 2.75) is 19.0 Å². The number of rotatable bonds is 4. The molecule has 0 spiro atoms. The summed E-state index contributed by atoms with van der Waals surface area (Å²) in [4.78, 5) is 16.0. The first-order valence-electron chi connectivity index (χ1n) is 6.19. The Hall–Kier alpha value is -2.20. The number of aromatic nitrogens is 1. The van der Waals surface area contributed by atoms with Crippen LogP contribution < -0.4 is 11.1 Å². The molecular weight excluding hydrogens is 238 g/mol. The molecule has 0 saturated heterocycles. The van der Waals surface area contributed by atoms with E-state index in [2.05, 4.69) is 10.3 Å². The van der Waals surface area contributed by atoms with Crippen LogP contribution in [-0.4, -0.2) is 10.9 Å². The van der Waals surface area contributed by atoms with Gasteiger partial charge >= 0.3 is 0 Å². The standard InChI is InChI=1S/C15H17N3O/c1-11(12-7-9-17-10-8-12)18-15(19)14(16)13-5-3-2-4-6-13/h2-11,14H,16H2,1H3,(H,18,19)/t11-,14?/m1/s1. The summed E-state index contributed by atoms with van der Waals surface area (Å²) in [7, 11) is 0. The van der Waals surface area contributed by atoms with E-state index in [0.29, 0.717) is 0 Å². The summed E-state index contributed by atoms with van der Waals surface area (Å²) in [6.07, 6.45) is 3.41. The van der Waals surface area contributed by atoms with E-state index < -0.39 is 6.04 Å². The van der Waals surface area contributed by atoms with E-state index >= 15 is 0 Å². The summed E-state index contributed by atoms with van der Waals surface area (Å²) in [6, 6.07) is 12.3. The van der Waals surface area contributed by atoms with Gasteiger partial charge in [-0.3, -0.25) is 9.78 Å². The second kappa shape index (κ2) is 6.11. The molecule has 0 bridgehead atoms. The van der Waals surface area contributed by atoms with Crippen molar-refractivity contribution < 1.29 is 4.79 Å². The van der Waals surface area contributed by atoms with Gasteiger partial charge in [-0.2, -0.15) is 0 Å². The summed E-state index contributed by atoms with van der Waals surface area (Å²) in [6.45, 7) is 1.92. The van der Waals surface area contributed by atoms with Crippen molar-refractivity contribution in [2.75, 3.05) is 0 Å². The van der Waals surface area contributed by atoms with Crippen molar-refractivity contribution in [3.63, 3.8) is 0 Å². The smallest absolute Gasteiger partial charge is 0.241 e. The molecule has 3 N–H and O–H groups in total. The van der Waals surface area contributed by atoms with E-state index in [4.69, 9.17) is 5.73 Å². The Kier molecular flexibility index (Phi) is 4.26. The number of nitrogens with one attached hydrogen (secondary N) is 1. The lowest BCUT2D eigenvalue weighted by atomic mass is 10.1. The van der Waals surface area contributed by atoms with Crippen LogP contribution in [0.3, 0.4) is 0 Å².